The number of halogens is 1. The number of esters is 1. The average molecular weight is 489 g/mol. The molecule has 184 valence electrons. The van der Waals surface area contributed by atoms with Gasteiger partial charge in [-0.25, -0.2) is 9.18 Å². The minimum Gasteiger partial charge on any atom is -0.490 e. The molecule has 7 nitrogen and oxygen atoms in total. The number of nitrogens with one attached hydrogen (secondary N) is 1. The van der Waals surface area contributed by atoms with E-state index in [9.17, 15) is 19.2 Å². The number of rotatable bonds is 10. The molecule has 1 N–H and O–H groups in total. The summed E-state index contributed by atoms with van der Waals surface area (Å²) in [6, 6.07) is 19.1. The largest absolute Gasteiger partial charge is 0.490 e. The first kappa shape index (κ1) is 26.0. The molecule has 3 aromatic carbocycles. The van der Waals surface area contributed by atoms with Crippen molar-refractivity contribution in [3.05, 3.63) is 94.8 Å². The number of nitrogens with zero attached hydrogens (tertiary/aromatic N) is 1. The SMILES string of the molecule is CCOC(=O)c1ccc(NC(=O)C(C#N)=Cc2ccc(OCc3ccc(F)cc3)c(OCC)c2)cc1. The van der Waals surface area contributed by atoms with Crippen molar-refractivity contribution in [2.24, 2.45) is 0 Å². The first-order valence-corrected chi connectivity index (χ1v) is 11.3. The van der Waals surface area contributed by atoms with Crippen LogP contribution < -0.4 is 14.8 Å². The minimum atomic E-state index is -0.601. The van der Waals surface area contributed by atoms with Crippen LogP contribution in [-0.2, 0) is 16.1 Å². The van der Waals surface area contributed by atoms with Crippen molar-refractivity contribution in [3.63, 3.8) is 0 Å². The second kappa shape index (κ2) is 12.7. The molecule has 0 unspecified atom stereocenters. The summed E-state index contributed by atoms with van der Waals surface area (Å²) in [5.41, 5.74) is 2.02. The molecule has 8 heteroatoms. The smallest absolute Gasteiger partial charge is 0.338 e. The standard InChI is InChI=1S/C28H25FN2O5/c1-3-34-26-16-20(7-14-25(26)36-18-19-5-10-23(29)11-6-19)15-22(17-30)27(32)31-24-12-8-21(9-13-24)28(33)35-4-2/h5-16H,3-4,18H2,1-2H3,(H,31,32). The van der Waals surface area contributed by atoms with Crippen LogP contribution in [-0.4, -0.2) is 25.1 Å². The van der Waals surface area contributed by atoms with E-state index >= 15 is 0 Å². The van der Waals surface area contributed by atoms with Gasteiger partial charge >= 0.3 is 5.97 Å². The van der Waals surface area contributed by atoms with Crippen molar-refractivity contribution in [1.29, 1.82) is 5.26 Å². The van der Waals surface area contributed by atoms with Gasteiger partial charge < -0.3 is 19.5 Å². The summed E-state index contributed by atoms with van der Waals surface area (Å²) in [4.78, 5) is 24.4. The molecule has 0 bridgehead atoms. The van der Waals surface area contributed by atoms with E-state index in [2.05, 4.69) is 5.32 Å². The molecule has 0 radical (unpaired) electrons. The van der Waals surface area contributed by atoms with Crippen LogP contribution in [0.3, 0.4) is 0 Å². The highest BCUT2D eigenvalue weighted by atomic mass is 19.1. The molecule has 0 heterocycles. The fraction of sp³-hybridized carbons (Fsp3) is 0.179. The van der Waals surface area contributed by atoms with Gasteiger partial charge in [-0.05, 0) is 79.6 Å². The maximum Gasteiger partial charge on any atom is 0.338 e. The van der Waals surface area contributed by atoms with Gasteiger partial charge in [0, 0.05) is 5.69 Å². The molecule has 3 rings (SSSR count). The number of benzene rings is 3. The predicted molar refractivity (Wildman–Crippen MR) is 133 cm³/mol. The molecule has 0 saturated carbocycles. The number of hydrogen-bond acceptors (Lipinski definition) is 6. The van der Waals surface area contributed by atoms with Crippen LogP contribution in [0.25, 0.3) is 6.08 Å². The van der Waals surface area contributed by atoms with Crippen molar-refractivity contribution in [1.82, 2.24) is 0 Å². The maximum atomic E-state index is 13.1. The lowest BCUT2D eigenvalue weighted by Gasteiger charge is -2.13. The zero-order valence-corrected chi connectivity index (χ0v) is 19.9. The lowest BCUT2D eigenvalue weighted by molar-refractivity contribution is -0.112. The van der Waals surface area contributed by atoms with Crippen LogP contribution in [0, 0.1) is 17.1 Å². The molecule has 0 aliphatic carbocycles. The second-order valence-corrected chi connectivity index (χ2v) is 7.48. The van der Waals surface area contributed by atoms with Gasteiger partial charge in [-0.2, -0.15) is 5.26 Å². The molecule has 3 aromatic rings. The van der Waals surface area contributed by atoms with Gasteiger partial charge in [0.25, 0.3) is 5.91 Å². The molecule has 0 aliphatic heterocycles. The van der Waals surface area contributed by atoms with Crippen LogP contribution >= 0.6 is 0 Å². The lowest BCUT2D eigenvalue weighted by Crippen LogP contribution is -2.13. The van der Waals surface area contributed by atoms with Crippen molar-refractivity contribution < 1.29 is 28.2 Å². The van der Waals surface area contributed by atoms with E-state index in [0.717, 1.165) is 5.56 Å². The van der Waals surface area contributed by atoms with Crippen LogP contribution in [0.2, 0.25) is 0 Å². The normalized spacial score (nSPS) is 10.8. The Morgan fingerprint density at radius 1 is 0.944 bits per heavy atom. The number of anilines is 1. The number of amides is 1. The molecule has 0 fully saturated rings. The molecular weight excluding hydrogens is 463 g/mol. The Bertz CT molecular complexity index is 1280. The number of nitriles is 1. The van der Waals surface area contributed by atoms with E-state index in [1.807, 2.05) is 13.0 Å². The van der Waals surface area contributed by atoms with Crippen molar-refractivity contribution in [2.45, 2.75) is 20.5 Å². The quantitative estimate of drug-likeness (QED) is 0.229. The summed E-state index contributed by atoms with van der Waals surface area (Å²) < 4.78 is 29.5. The van der Waals surface area contributed by atoms with Crippen LogP contribution in [0.15, 0.2) is 72.3 Å². The first-order chi connectivity index (χ1) is 17.4. The maximum absolute atomic E-state index is 13.1. The third-order valence-corrected chi connectivity index (χ3v) is 4.91. The highest BCUT2D eigenvalue weighted by molar-refractivity contribution is 6.09. The van der Waals surface area contributed by atoms with Crippen LogP contribution in [0.5, 0.6) is 11.5 Å². The summed E-state index contributed by atoms with van der Waals surface area (Å²) in [6.45, 7) is 4.41. The van der Waals surface area contributed by atoms with E-state index in [4.69, 9.17) is 14.2 Å². The number of ether oxygens (including phenoxy) is 3. The lowest BCUT2D eigenvalue weighted by atomic mass is 10.1. The Kier molecular flexibility index (Phi) is 9.18. The monoisotopic (exact) mass is 488 g/mol. The Morgan fingerprint density at radius 2 is 1.67 bits per heavy atom. The van der Waals surface area contributed by atoms with E-state index in [0.29, 0.717) is 34.9 Å². The molecule has 0 aliphatic rings. The Labute approximate surface area is 208 Å². The van der Waals surface area contributed by atoms with Gasteiger partial charge in [-0.1, -0.05) is 18.2 Å². The molecule has 1 amide bonds. The van der Waals surface area contributed by atoms with Gasteiger partial charge in [-0.3, -0.25) is 4.79 Å². The third kappa shape index (κ3) is 7.18. The summed E-state index contributed by atoms with van der Waals surface area (Å²) in [5.74, 6) is -0.460. The Morgan fingerprint density at radius 3 is 2.31 bits per heavy atom. The topological polar surface area (TPSA) is 97.7 Å². The highest BCUT2D eigenvalue weighted by Gasteiger charge is 2.13. The highest BCUT2D eigenvalue weighted by Crippen LogP contribution is 2.30. The average Bonchev–Trinajstić information content (AvgIpc) is 2.88. The van der Waals surface area contributed by atoms with Crippen LogP contribution in [0.4, 0.5) is 10.1 Å². The van der Waals surface area contributed by atoms with Gasteiger partial charge in [-0.15, -0.1) is 0 Å². The van der Waals surface area contributed by atoms with Crippen LogP contribution in [0.1, 0.15) is 35.3 Å². The van der Waals surface area contributed by atoms with E-state index in [1.54, 1.807) is 49.4 Å². The minimum absolute atomic E-state index is 0.119. The fourth-order valence-electron chi connectivity index (χ4n) is 3.16. The van der Waals surface area contributed by atoms with Gasteiger partial charge in [0.2, 0.25) is 0 Å². The first-order valence-electron chi connectivity index (χ1n) is 11.3. The molecule has 0 saturated heterocycles. The van der Waals surface area contributed by atoms with Gasteiger partial charge in [0.1, 0.15) is 24.1 Å². The summed E-state index contributed by atoms with van der Waals surface area (Å²) in [6.07, 6.45) is 1.44. The van der Waals surface area contributed by atoms with Crippen molar-refractivity contribution in [3.8, 4) is 17.6 Å². The summed E-state index contributed by atoms with van der Waals surface area (Å²) in [7, 11) is 0. The molecule has 36 heavy (non-hydrogen) atoms. The van der Waals surface area contributed by atoms with Crippen molar-refractivity contribution in [2.75, 3.05) is 18.5 Å². The summed E-state index contributed by atoms with van der Waals surface area (Å²) in [5, 5.41) is 12.2. The molecule has 0 aromatic heterocycles. The predicted octanol–water partition coefficient (Wildman–Crippen LogP) is 5.53. The number of carbonyl (C=O) groups is 2. The van der Waals surface area contributed by atoms with Gasteiger partial charge in [0.15, 0.2) is 11.5 Å². The van der Waals surface area contributed by atoms with Gasteiger partial charge in [0.05, 0.1) is 18.8 Å². The molecular formula is C28H25FN2O5. The van der Waals surface area contributed by atoms with E-state index < -0.39 is 11.9 Å². The van der Waals surface area contributed by atoms with Crippen molar-refractivity contribution >= 4 is 23.6 Å². The summed E-state index contributed by atoms with van der Waals surface area (Å²) >= 11 is 0. The van der Waals surface area contributed by atoms with E-state index in [-0.39, 0.29) is 24.6 Å². The number of hydrogen-bond donors (Lipinski definition) is 1. The molecule has 0 spiro atoms. The second-order valence-electron chi connectivity index (χ2n) is 7.48. The Balaban J connectivity index is 1.72. The number of carbonyl (C=O) groups excluding carboxylic acids is 2. The molecule has 0 atom stereocenters. The third-order valence-electron chi connectivity index (χ3n) is 4.91. The zero-order valence-electron chi connectivity index (χ0n) is 19.9. The van der Waals surface area contributed by atoms with E-state index in [1.165, 1.54) is 30.3 Å². The zero-order chi connectivity index (χ0) is 25.9. The fourth-order valence-corrected chi connectivity index (χ4v) is 3.16. The Hall–Kier alpha value is -4.64.